The Labute approximate surface area is 116 Å². The molecule has 2 rings (SSSR count). The van der Waals surface area contributed by atoms with Gasteiger partial charge in [-0.3, -0.25) is 9.59 Å². The highest BCUT2D eigenvalue weighted by Gasteiger charge is 2.34. The van der Waals surface area contributed by atoms with Crippen LogP contribution in [0.25, 0.3) is 0 Å². The number of pyridine rings is 1. The second kappa shape index (κ2) is 6.36. The standard InChI is InChI=1S/C14H18N2O4/c1-2-20-14(19)11-7-3-4-9-16(11)13(18)10-6-5-8-15-12(10)17/h5-6,8,11H,2-4,7,9H2,1H3,(H,15,17). The predicted octanol–water partition coefficient (Wildman–Crippen LogP) is 0.933. The Morgan fingerprint density at radius 1 is 1.45 bits per heavy atom. The maximum absolute atomic E-state index is 12.4. The van der Waals surface area contributed by atoms with E-state index in [9.17, 15) is 14.4 Å². The average molecular weight is 278 g/mol. The first-order valence-electron chi connectivity index (χ1n) is 6.80. The fourth-order valence-corrected chi connectivity index (χ4v) is 2.40. The van der Waals surface area contributed by atoms with Crippen molar-refractivity contribution in [2.24, 2.45) is 0 Å². The molecule has 0 radical (unpaired) electrons. The first kappa shape index (κ1) is 14.3. The molecule has 1 fully saturated rings. The number of H-pyrrole nitrogens is 1. The Bertz CT molecular complexity index is 552. The minimum atomic E-state index is -0.587. The van der Waals surface area contributed by atoms with Crippen molar-refractivity contribution in [1.82, 2.24) is 9.88 Å². The van der Waals surface area contributed by atoms with Gasteiger partial charge in [-0.2, -0.15) is 0 Å². The van der Waals surface area contributed by atoms with Gasteiger partial charge >= 0.3 is 5.97 Å². The third kappa shape index (κ3) is 2.89. The summed E-state index contributed by atoms with van der Waals surface area (Å²) in [6, 6.07) is 2.48. The number of likely N-dealkylation sites (tertiary alicyclic amines) is 1. The molecule has 1 aromatic heterocycles. The molecular weight excluding hydrogens is 260 g/mol. The molecule has 0 aromatic carbocycles. The third-order valence-corrected chi connectivity index (χ3v) is 3.37. The first-order valence-corrected chi connectivity index (χ1v) is 6.80. The van der Waals surface area contributed by atoms with Crippen LogP contribution in [0.4, 0.5) is 0 Å². The molecule has 1 N–H and O–H groups in total. The van der Waals surface area contributed by atoms with Crippen molar-refractivity contribution in [3.8, 4) is 0 Å². The number of nitrogens with zero attached hydrogens (tertiary/aromatic N) is 1. The zero-order valence-corrected chi connectivity index (χ0v) is 11.4. The van der Waals surface area contributed by atoms with Crippen LogP contribution in [0.15, 0.2) is 23.1 Å². The quantitative estimate of drug-likeness (QED) is 0.834. The molecule has 1 atom stereocenters. The molecule has 6 heteroatoms. The number of rotatable bonds is 3. The highest BCUT2D eigenvalue weighted by Crippen LogP contribution is 2.20. The minimum absolute atomic E-state index is 0.0590. The van der Waals surface area contributed by atoms with Gasteiger partial charge in [0, 0.05) is 12.7 Å². The van der Waals surface area contributed by atoms with Crippen LogP contribution in [0.3, 0.4) is 0 Å². The lowest BCUT2D eigenvalue weighted by Crippen LogP contribution is -2.49. The van der Waals surface area contributed by atoms with Crippen LogP contribution >= 0.6 is 0 Å². The zero-order valence-electron chi connectivity index (χ0n) is 11.4. The van der Waals surface area contributed by atoms with Crippen molar-refractivity contribution in [1.29, 1.82) is 0 Å². The molecule has 0 bridgehead atoms. The van der Waals surface area contributed by atoms with E-state index in [0.717, 1.165) is 12.8 Å². The summed E-state index contributed by atoms with van der Waals surface area (Å²) in [7, 11) is 0. The van der Waals surface area contributed by atoms with Crippen LogP contribution in [0.5, 0.6) is 0 Å². The van der Waals surface area contributed by atoms with Gasteiger partial charge in [0.1, 0.15) is 11.6 Å². The summed E-state index contributed by atoms with van der Waals surface area (Å²) in [4.78, 5) is 40.0. The molecule has 0 aliphatic carbocycles. The van der Waals surface area contributed by atoms with Gasteiger partial charge in [0.25, 0.3) is 11.5 Å². The summed E-state index contributed by atoms with van der Waals surface area (Å²) in [6.07, 6.45) is 3.75. The topological polar surface area (TPSA) is 79.5 Å². The molecule has 6 nitrogen and oxygen atoms in total. The molecule has 1 aliphatic rings. The Morgan fingerprint density at radius 2 is 2.25 bits per heavy atom. The van der Waals surface area contributed by atoms with E-state index in [2.05, 4.69) is 4.98 Å². The molecule has 108 valence electrons. The van der Waals surface area contributed by atoms with Gasteiger partial charge in [-0.05, 0) is 38.3 Å². The molecule has 1 saturated heterocycles. The van der Waals surface area contributed by atoms with E-state index in [-0.39, 0.29) is 12.2 Å². The van der Waals surface area contributed by atoms with Crippen LogP contribution in [0, 0.1) is 0 Å². The number of aromatic nitrogens is 1. The lowest BCUT2D eigenvalue weighted by molar-refractivity contribution is -0.149. The maximum Gasteiger partial charge on any atom is 0.328 e. The van der Waals surface area contributed by atoms with E-state index in [1.807, 2.05) is 0 Å². The van der Waals surface area contributed by atoms with E-state index >= 15 is 0 Å². The van der Waals surface area contributed by atoms with E-state index in [4.69, 9.17) is 4.74 Å². The maximum atomic E-state index is 12.4. The number of carbonyl (C=O) groups excluding carboxylic acids is 2. The first-order chi connectivity index (χ1) is 9.65. The summed E-state index contributed by atoms with van der Waals surface area (Å²) < 4.78 is 5.01. The third-order valence-electron chi connectivity index (χ3n) is 3.37. The number of amides is 1. The highest BCUT2D eigenvalue weighted by atomic mass is 16.5. The highest BCUT2D eigenvalue weighted by molar-refractivity contribution is 5.96. The van der Waals surface area contributed by atoms with Gasteiger partial charge < -0.3 is 14.6 Å². The number of ether oxygens (including phenoxy) is 1. The van der Waals surface area contributed by atoms with Crippen molar-refractivity contribution in [3.63, 3.8) is 0 Å². The van der Waals surface area contributed by atoms with Gasteiger partial charge in [-0.15, -0.1) is 0 Å². The van der Waals surface area contributed by atoms with E-state index in [0.29, 0.717) is 13.0 Å². The summed E-state index contributed by atoms with van der Waals surface area (Å²) in [5.41, 5.74) is -0.380. The van der Waals surface area contributed by atoms with Crippen LogP contribution < -0.4 is 5.56 Å². The molecule has 0 saturated carbocycles. The molecule has 2 heterocycles. The average Bonchev–Trinajstić information content (AvgIpc) is 2.47. The number of carbonyl (C=O) groups is 2. The van der Waals surface area contributed by atoms with E-state index in [1.165, 1.54) is 17.2 Å². The fraction of sp³-hybridized carbons (Fsp3) is 0.500. The number of hydrogen-bond acceptors (Lipinski definition) is 4. The lowest BCUT2D eigenvalue weighted by atomic mass is 10.0. The predicted molar refractivity (Wildman–Crippen MR) is 72.4 cm³/mol. The smallest absolute Gasteiger partial charge is 0.328 e. The fourth-order valence-electron chi connectivity index (χ4n) is 2.40. The SMILES string of the molecule is CCOC(=O)C1CCCCN1C(=O)c1ccc[nH]c1=O. The lowest BCUT2D eigenvalue weighted by Gasteiger charge is -2.33. The monoisotopic (exact) mass is 278 g/mol. The van der Waals surface area contributed by atoms with Gasteiger partial charge in [-0.25, -0.2) is 4.79 Å². The number of esters is 1. The Balaban J connectivity index is 2.24. The van der Waals surface area contributed by atoms with Gasteiger partial charge in [0.05, 0.1) is 6.61 Å². The number of nitrogens with one attached hydrogen (secondary N) is 1. The summed E-state index contributed by atoms with van der Waals surface area (Å²) in [5, 5.41) is 0. The largest absolute Gasteiger partial charge is 0.464 e. The second-order valence-electron chi connectivity index (χ2n) is 4.68. The van der Waals surface area contributed by atoms with Crippen LogP contribution in [-0.4, -0.2) is 41.0 Å². The zero-order chi connectivity index (χ0) is 14.5. The van der Waals surface area contributed by atoms with Crippen LogP contribution in [0.2, 0.25) is 0 Å². The van der Waals surface area contributed by atoms with E-state index in [1.54, 1.807) is 13.0 Å². The van der Waals surface area contributed by atoms with Crippen LogP contribution in [-0.2, 0) is 9.53 Å². The summed E-state index contributed by atoms with van der Waals surface area (Å²) in [6.45, 7) is 2.48. The molecule has 1 aliphatic heterocycles. The van der Waals surface area contributed by atoms with Crippen LogP contribution in [0.1, 0.15) is 36.5 Å². The Morgan fingerprint density at radius 3 is 2.95 bits per heavy atom. The molecule has 1 aromatic rings. The van der Waals surface area contributed by atoms with Crippen molar-refractivity contribution < 1.29 is 14.3 Å². The van der Waals surface area contributed by atoms with Crippen molar-refractivity contribution in [3.05, 3.63) is 34.2 Å². The second-order valence-corrected chi connectivity index (χ2v) is 4.68. The summed E-state index contributed by atoms with van der Waals surface area (Å²) >= 11 is 0. The molecule has 1 amide bonds. The van der Waals surface area contributed by atoms with Gasteiger partial charge in [-0.1, -0.05) is 0 Å². The molecule has 1 unspecified atom stereocenters. The minimum Gasteiger partial charge on any atom is -0.464 e. The Hall–Kier alpha value is -2.11. The van der Waals surface area contributed by atoms with Crippen molar-refractivity contribution >= 4 is 11.9 Å². The number of aromatic amines is 1. The van der Waals surface area contributed by atoms with Crippen molar-refractivity contribution in [2.45, 2.75) is 32.2 Å². The normalized spacial score (nSPS) is 18.6. The summed E-state index contributed by atoms with van der Waals surface area (Å²) in [5.74, 6) is -0.808. The van der Waals surface area contributed by atoms with E-state index < -0.39 is 23.5 Å². The number of piperidine rings is 1. The van der Waals surface area contributed by atoms with Crippen molar-refractivity contribution in [2.75, 3.05) is 13.2 Å². The molecule has 20 heavy (non-hydrogen) atoms. The molecule has 0 spiro atoms. The van der Waals surface area contributed by atoms with Gasteiger partial charge in [0.2, 0.25) is 0 Å². The molecular formula is C14H18N2O4. The Kier molecular flexibility index (Phi) is 4.55. The van der Waals surface area contributed by atoms with Gasteiger partial charge in [0.15, 0.2) is 0 Å². The number of hydrogen-bond donors (Lipinski definition) is 1.